The summed E-state index contributed by atoms with van der Waals surface area (Å²) in [6, 6.07) is 5.42. The van der Waals surface area contributed by atoms with E-state index in [0.29, 0.717) is 18.1 Å². The largest absolute Gasteiger partial charge is 0.573 e. The van der Waals surface area contributed by atoms with E-state index in [1.807, 2.05) is 0 Å². The van der Waals surface area contributed by atoms with Gasteiger partial charge in [-0.15, -0.1) is 13.2 Å². The zero-order chi connectivity index (χ0) is 13.0. The van der Waals surface area contributed by atoms with Crippen molar-refractivity contribution < 1.29 is 22.7 Å². The van der Waals surface area contributed by atoms with Crippen LogP contribution in [0.25, 0.3) is 0 Å². The topological polar surface area (TPSA) is 30.8 Å². The average molecular weight is 259 g/mol. The quantitative estimate of drug-likeness (QED) is 0.599. The second kappa shape index (κ2) is 5.29. The predicted octanol–water partition coefficient (Wildman–Crippen LogP) is 3.35. The SMILES string of the molecule is FC(F)(F)Oc1ccc(/C=N/OCC2CC2)cc1. The van der Waals surface area contributed by atoms with Crippen LogP contribution in [-0.2, 0) is 4.84 Å². The molecule has 6 heteroatoms. The van der Waals surface area contributed by atoms with Gasteiger partial charge in [0.1, 0.15) is 12.4 Å². The van der Waals surface area contributed by atoms with Gasteiger partial charge in [0.05, 0.1) is 6.21 Å². The number of ether oxygens (including phenoxy) is 1. The van der Waals surface area contributed by atoms with Crippen LogP contribution in [0.5, 0.6) is 5.75 Å². The van der Waals surface area contributed by atoms with Gasteiger partial charge < -0.3 is 9.57 Å². The molecular weight excluding hydrogens is 247 g/mol. The Kier molecular flexibility index (Phi) is 3.74. The Hall–Kier alpha value is -1.72. The van der Waals surface area contributed by atoms with E-state index in [9.17, 15) is 13.2 Å². The molecule has 0 radical (unpaired) electrons. The van der Waals surface area contributed by atoms with Crippen LogP contribution >= 0.6 is 0 Å². The van der Waals surface area contributed by atoms with Crippen molar-refractivity contribution in [1.29, 1.82) is 0 Å². The van der Waals surface area contributed by atoms with Gasteiger partial charge in [-0.3, -0.25) is 0 Å². The number of hydrogen-bond acceptors (Lipinski definition) is 3. The molecular formula is C12H12F3NO2. The van der Waals surface area contributed by atoms with Crippen LogP contribution in [-0.4, -0.2) is 19.2 Å². The molecule has 1 aromatic carbocycles. The van der Waals surface area contributed by atoms with E-state index in [-0.39, 0.29) is 5.75 Å². The lowest BCUT2D eigenvalue weighted by molar-refractivity contribution is -0.274. The second-order valence-electron chi connectivity index (χ2n) is 4.09. The molecule has 0 atom stereocenters. The highest BCUT2D eigenvalue weighted by Gasteiger charge is 2.30. The molecule has 1 aliphatic rings. The molecule has 18 heavy (non-hydrogen) atoms. The van der Waals surface area contributed by atoms with E-state index in [1.165, 1.54) is 43.3 Å². The van der Waals surface area contributed by atoms with Gasteiger partial charge in [-0.05, 0) is 48.6 Å². The Bertz CT molecular complexity index is 410. The Morgan fingerprint density at radius 3 is 2.44 bits per heavy atom. The first-order valence-electron chi connectivity index (χ1n) is 5.54. The Balaban J connectivity index is 1.82. The molecule has 1 aromatic rings. The van der Waals surface area contributed by atoms with Gasteiger partial charge in [-0.1, -0.05) is 5.16 Å². The van der Waals surface area contributed by atoms with E-state index >= 15 is 0 Å². The minimum atomic E-state index is -4.66. The highest BCUT2D eigenvalue weighted by atomic mass is 19.4. The van der Waals surface area contributed by atoms with Crippen LogP contribution < -0.4 is 4.74 Å². The lowest BCUT2D eigenvalue weighted by Gasteiger charge is -2.08. The van der Waals surface area contributed by atoms with Crippen molar-refractivity contribution >= 4 is 6.21 Å². The van der Waals surface area contributed by atoms with Gasteiger partial charge in [0.25, 0.3) is 0 Å². The molecule has 0 saturated heterocycles. The van der Waals surface area contributed by atoms with Crippen molar-refractivity contribution in [3.63, 3.8) is 0 Å². The number of halogens is 3. The van der Waals surface area contributed by atoms with Crippen LogP contribution in [0.15, 0.2) is 29.4 Å². The molecule has 1 saturated carbocycles. The first kappa shape index (κ1) is 12.7. The minimum Gasteiger partial charge on any atom is -0.406 e. The molecule has 98 valence electrons. The lowest BCUT2D eigenvalue weighted by Crippen LogP contribution is -2.16. The highest BCUT2D eigenvalue weighted by molar-refractivity contribution is 5.79. The molecule has 0 amide bonds. The molecule has 0 N–H and O–H groups in total. The van der Waals surface area contributed by atoms with Gasteiger partial charge in [0.15, 0.2) is 0 Å². The van der Waals surface area contributed by atoms with Crippen LogP contribution in [0.2, 0.25) is 0 Å². The summed E-state index contributed by atoms with van der Waals surface area (Å²) >= 11 is 0. The smallest absolute Gasteiger partial charge is 0.406 e. The molecule has 0 bridgehead atoms. The van der Waals surface area contributed by atoms with E-state index in [2.05, 4.69) is 9.89 Å². The van der Waals surface area contributed by atoms with E-state index in [4.69, 9.17) is 4.84 Å². The third kappa shape index (κ3) is 4.65. The van der Waals surface area contributed by atoms with Crippen molar-refractivity contribution in [1.82, 2.24) is 0 Å². The molecule has 0 heterocycles. The summed E-state index contributed by atoms with van der Waals surface area (Å²) in [6.07, 6.45) is -0.847. The number of hydrogen-bond donors (Lipinski definition) is 0. The van der Waals surface area contributed by atoms with E-state index in [1.54, 1.807) is 0 Å². The van der Waals surface area contributed by atoms with Crippen LogP contribution in [0.1, 0.15) is 18.4 Å². The average Bonchev–Trinajstić information content (AvgIpc) is 3.08. The van der Waals surface area contributed by atoms with Gasteiger partial charge in [-0.2, -0.15) is 0 Å². The predicted molar refractivity (Wildman–Crippen MR) is 59.4 cm³/mol. The summed E-state index contributed by atoms with van der Waals surface area (Å²) in [4.78, 5) is 5.03. The molecule has 2 rings (SSSR count). The summed E-state index contributed by atoms with van der Waals surface area (Å²) in [7, 11) is 0. The third-order valence-corrected chi connectivity index (χ3v) is 2.40. The maximum atomic E-state index is 11.9. The van der Waals surface area contributed by atoms with Gasteiger partial charge in [0.2, 0.25) is 0 Å². The number of benzene rings is 1. The second-order valence-corrected chi connectivity index (χ2v) is 4.09. The molecule has 0 aliphatic heterocycles. The number of rotatable bonds is 5. The summed E-state index contributed by atoms with van der Waals surface area (Å²) in [5.74, 6) is 0.364. The molecule has 1 aliphatic carbocycles. The standard InChI is InChI=1S/C12H12F3NO2/c13-12(14,15)18-11-5-3-9(4-6-11)7-16-17-8-10-1-2-10/h3-7,10H,1-2,8H2/b16-7+. The summed E-state index contributed by atoms with van der Waals surface area (Å²) in [5, 5.41) is 3.74. The van der Waals surface area contributed by atoms with Gasteiger partial charge >= 0.3 is 6.36 Å². The summed E-state index contributed by atoms with van der Waals surface area (Å²) in [6.45, 7) is 0.603. The van der Waals surface area contributed by atoms with Crippen molar-refractivity contribution in [3.05, 3.63) is 29.8 Å². The van der Waals surface area contributed by atoms with Crippen molar-refractivity contribution in [2.45, 2.75) is 19.2 Å². The van der Waals surface area contributed by atoms with Crippen LogP contribution in [0.3, 0.4) is 0 Å². The third-order valence-electron chi connectivity index (χ3n) is 2.40. The minimum absolute atomic E-state index is 0.251. The molecule has 0 aromatic heterocycles. The monoisotopic (exact) mass is 259 g/mol. The number of nitrogens with zero attached hydrogens (tertiary/aromatic N) is 1. The molecule has 3 nitrogen and oxygen atoms in total. The molecule has 0 unspecified atom stereocenters. The zero-order valence-electron chi connectivity index (χ0n) is 9.48. The molecule has 0 spiro atoms. The van der Waals surface area contributed by atoms with Crippen molar-refractivity contribution in [2.75, 3.05) is 6.61 Å². The molecule has 1 fully saturated rings. The fourth-order valence-electron chi connectivity index (χ4n) is 1.29. The first-order valence-corrected chi connectivity index (χ1v) is 5.54. The zero-order valence-corrected chi connectivity index (χ0v) is 9.48. The summed E-state index contributed by atoms with van der Waals surface area (Å²) in [5.41, 5.74) is 0.653. The first-order chi connectivity index (χ1) is 8.53. The van der Waals surface area contributed by atoms with Crippen LogP contribution in [0, 0.1) is 5.92 Å². The Morgan fingerprint density at radius 2 is 1.89 bits per heavy atom. The van der Waals surface area contributed by atoms with E-state index < -0.39 is 6.36 Å². The Labute approximate surface area is 102 Å². The highest BCUT2D eigenvalue weighted by Crippen LogP contribution is 2.28. The van der Waals surface area contributed by atoms with E-state index in [0.717, 1.165) is 0 Å². The maximum absolute atomic E-state index is 11.9. The van der Waals surface area contributed by atoms with Crippen LogP contribution in [0.4, 0.5) is 13.2 Å². The summed E-state index contributed by atoms with van der Waals surface area (Å²) < 4.78 is 39.5. The lowest BCUT2D eigenvalue weighted by atomic mass is 10.2. The Morgan fingerprint density at radius 1 is 1.22 bits per heavy atom. The van der Waals surface area contributed by atoms with Gasteiger partial charge in [0, 0.05) is 0 Å². The van der Waals surface area contributed by atoms with Crippen molar-refractivity contribution in [3.8, 4) is 5.75 Å². The normalized spacial score (nSPS) is 15.9. The number of alkyl halides is 3. The fraction of sp³-hybridized carbons (Fsp3) is 0.417. The fourth-order valence-corrected chi connectivity index (χ4v) is 1.29. The van der Waals surface area contributed by atoms with Gasteiger partial charge in [-0.25, -0.2) is 0 Å². The van der Waals surface area contributed by atoms with Crippen molar-refractivity contribution in [2.24, 2.45) is 11.1 Å². The number of oxime groups is 1. The maximum Gasteiger partial charge on any atom is 0.573 e.